The maximum Gasteiger partial charge on any atom is 0.370 e. The van der Waals surface area contributed by atoms with E-state index in [-0.39, 0.29) is 0 Å². The van der Waals surface area contributed by atoms with E-state index in [4.69, 9.17) is 9.84 Å². The number of H-pyrrole nitrogens is 1. The zero-order valence-electron chi connectivity index (χ0n) is 12.8. The van der Waals surface area contributed by atoms with Crippen LogP contribution in [0.5, 0.6) is 0 Å². The molecule has 5 atom stereocenters. The first-order chi connectivity index (χ1) is 11.3. The third kappa shape index (κ3) is 3.72. The molecule has 2 rings (SSSR count). The van der Waals surface area contributed by atoms with Crippen molar-refractivity contribution in [1.82, 2.24) is 15.3 Å². The minimum atomic E-state index is -1.63. The molecule has 6 N–H and O–H groups in total. The molecule has 0 spiro atoms. The molecule has 0 bridgehead atoms. The summed E-state index contributed by atoms with van der Waals surface area (Å²) in [7, 11) is 0. The van der Waals surface area contributed by atoms with Gasteiger partial charge < -0.3 is 35.5 Å². The molecule has 2 heterocycles. The van der Waals surface area contributed by atoms with Gasteiger partial charge in [0.2, 0.25) is 11.7 Å². The van der Waals surface area contributed by atoms with Gasteiger partial charge in [-0.25, -0.2) is 9.78 Å². The molecule has 0 saturated carbocycles. The van der Waals surface area contributed by atoms with Gasteiger partial charge in [-0.15, -0.1) is 0 Å². The van der Waals surface area contributed by atoms with E-state index in [0.717, 1.165) is 0 Å². The van der Waals surface area contributed by atoms with Crippen molar-refractivity contribution >= 4 is 11.9 Å². The average molecular weight is 341 g/mol. The third-order valence-electron chi connectivity index (χ3n) is 3.67. The Hall–Kier alpha value is -2.43. The van der Waals surface area contributed by atoms with Crippen LogP contribution in [-0.2, 0) is 14.3 Å². The van der Waals surface area contributed by atoms with Crippen LogP contribution < -0.4 is 5.32 Å². The number of aliphatic hydroxyl groups is 3. The van der Waals surface area contributed by atoms with Crippen LogP contribution in [0, 0.1) is 0 Å². The van der Waals surface area contributed by atoms with Gasteiger partial charge >= 0.3 is 5.97 Å². The largest absolute Gasteiger partial charge is 0.478 e. The van der Waals surface area contributed by atoms with Crippen LogP contribution in [0.4, 0.5) is 0 Å². The molecular weight excluding hydrogens is 322 g/mol. The maximum atomic E-state index is 11.5. The fourth-order valence-corrected chi connectivity index (χ4v) is 2.58. The molecule has 1 aromatic rings. The first kappa shape index (κ1) is 17.9. The standard InChI is InChI=1S/C14H19N3O7/c1-6(19)17-10-7(13-15-2-3-16-13)4-9(14(22)23)24-12(10)11(21)8(20)5-18/h2-4,7-8,10-12,18,20-21H,5H2,1H3,(H,15,16)(H,17,19)(H,22,23)/t7?,8-,10+,11-,12?/m1/s1. The van der Waals surface area contributed by atoms with Crippen LogP contribution in [0.1, 0.15) is 18.7 Å². The van der Waals surface area contributed by atoms with Crippen molar-refractivity contribution in [2.24, 2.45) is 0 Å². The summed E-state index contributed by atoms with van der Waals surface area (Å²) in [6.07, 6.45) is -0.266. The van der Waals surface area contributed by atoms with Crippen LogP contribution >= 0.6 is 0 Å². The lowest BCUT2D eigenvalue weighted by Gasteiger charge is -2.39. The fraction of sp³-hybridized carbons (Fsp3) is 0.500. The highest BCUT2D eigenvalue weighted by molar-refractivity contribution is 5.85. The van der Waals surface area contributed by atoms with Crippen LogP contribution in [0.2, 0.25) is 0 Å². The zero-order valence-corrected chi connectivity index (χ0v) is 12.8. The number of amides is 1. The van der Waals surface area contributed by atoms with Gasteiger partial charge in [-0.1, -0.05) is 0 Å². The van der Waals surface area contributed by atoms with Crippen molar-refractivity contribution in [2.45, 2.75) is 37.2 Å². The summed E-state index contributed by atoms with van der Waals surface area (Å²) < 4.78 is 5.26. The number of aromatic nitrogens is 2. The molecule has 10 nitrogen and oxygen atoms in total. The van der Waals surface area contributed by atoms with Crippen LogP contribution in [0.15, 0.2) is 24.2 Å². The number of hydrogen-bond acceptors (Lipinski definition) is 7. The number of nitrogens with zero attached hydrogens (tertiary/aromatic N) is 1. The van der Waals surface area contributed by atoms with Gasteiger partial charge in [-0.05, 0) is 6.08 Å². The van der Waals surface area contributed by atoms with Gasteiger partial charge in [-0.3, -0.25) is 4.79 Å². The Morgan fingerprint density at radius 3 is 2.67 bits per heavy atom. The summed E-state index contributed by atoms with van der Waals surface area (Å²) in [5.74, 6) is -2.65. The summed E-state index contributed by atoms with van der Waals surface area (Å²) in [5.41, 5.74) is 0. The normalized spacial score (nSPS) is 26.0. The molecule has 2 unspecified atom stereocenters. The minimum Gasteiger partial charge on any atom is -0.478 e. The number of nitrogens with one attached hydrogen (secondary N) is 2. The molecule has 1 aliphatic heterocycles. The highest BCUT2D eigenvalue weighted by atomic mass is 16.5. The van der Waals surface area contributed by atoms with E-state index < -0.39 is 54.5 Å². The highest BCUT2D eigenvalue weighted by Gasteiger charge is 2.44. The lowest BCUT2D eigenvalue weighted by Crippen LogP contribution is -2.57. The number of rotatable bonds is 6. The van der Waals surface area contributed by atoms with Gasteiger partial charge in [-0.2, -0.15) is 0 Å². The van der Waals surface area contributed by atoms with Crippen molar-refractivity contribution in [3.8, 4) is 0 Å². The molecule has 0 fully saturated rings. The molecule has 0 aromatic carbocycles. The second-order valence-corrected chi connectivity index (χ2v) is 5.39. The van der Waals surface area contributed by atoms with E-state index in [2.05, 4.69) is 15.3 Å². The molecule has 1 amide bonds. The van der Waals surface area contributed by atoms with Crippen LogP contribution in [0.3, 0.4) is 0 Å². The van der Waals surface area contributed by atoms with E-state index in [9.17, 15) is 24.9 Å². The SMILES string of the molecule is CC(=O)N[C@H]1C(c2ncc[nH]2)C=C(C(=O)O)OC1[C@H](O)[C@H](O)CO. The second-order valence-electron chi connectivity index (χ2n) is 5.39. The first-order valence-electron chi connectivity index (χ1n) is 7.20. The number of carboxylic acid groups (broad SMARTS) is 1. The number of carbonyl (C=O) groups is 2. The van der Waals surface area contributed by atoms with Gasteiger partial charge in [0, 0.05) is 19.3 Å². The average Bonchev–Trinajstić information content (AvgIpc) is 3.07. The number of carboxylic acids is 1. The molecule has 132 valence electrons. The molecular formula is C14H19N3O7. The monoisotopic (exact) mass is 341 g/mol. The fourth-order valence-electron chi connectivity index (χ4n) is 2.58. The Bertz CT molecular complexity index is 616. The molecule has 24 heavy (non-hydrogen) atoms. The van der Waals surface area contributed by atoms with Gasteiger partial charge in [0.15, 0.2) is 0 Å². The second kappa shape index (κ2) is 7.43. The first-order valence-corrected chi connectivity index (χ1v) is 7.20. The van der Waals surface area contributed by atoms with E-state index in [1.807, 2.05) is 0 Å². The van der Waals surface area contributed by atoms with Gasteiger partial charge in [0.25, 0.3) is 0 Å². The van der Waals surface area contributed by atoms with E-state index in [0.29, 0.717) is 5.82 Å². The number of hydrogen-bond donors (Lipinski definition) is 6. The Morgan fingerprint density at radius 1 is 1.46 bits per heavy atom. The number of carbonyl (C=O) groups excluding carboxylic acids is 1. The lowest BCUT2D eigenvalue weighted by molar-refractivity contribution is -0.146. The summed E-state index contributed by atoms with van der Waals surface area (Å²) >= 11 is 0. The van der Waals surface area contributed by atoms with Crippen molar-refractivity contribution in [3.63, 3.8) is 0 Å². The highest BCUT2D eigenvalue weighted by Crippen LogP contribution is 2.32. The van der Waals surface area contributed by atoms with E-state index in [1.165, 1.54) is 25.4 Å². The Balaban J connectivity index is 2.45. The Morgan fingerprint density at radius 2 is 2.17 bits per heavy atom. The minimum absolute atomic E-state index is 0.353. The number of aliphatic hydroxyl groups excluding tert-OH is 3. The maximum absolute atomic E-state index is 11.5. The molecule has 0 saturated heterocycles. The molecule has 0 aliphatic carbocycles. The van der Waals surface area contributed by atoms with Crippen LogP contribution in [-0.4, -0.2) is 73.2 Å². The zero-order chi connectivity index (χ0) is 17.9. The summed E-state index contributed by atoms with van der Waals surface area (Å²) in [6.45, 7) is 0.493. The Kier molecular flexibility index (Phi) is 5.54. The Labute approximate surface area is 136 Å². The van der Waals surface area contributed by atoms with Crippen molar-refractivity contribution in [3.05, 3.63) is 30.1 Å². The van der Waals surface area contributed by atoms with Crippen molar-refractivity contribution < 1.29 is 34.8 Å². The summed E-state index contributed by atoms with van der Waals surface area (Å²) in [6, 6.07) is -0.909. The number of ether oxygens (including phenoxy) is 1. The molecule has 0 radical (unpaired) electrons. The predicted molar refractivity (Wildman–Crippen MR) is 78.6 cm³/mol. The number of imidazole rings is 1. The van der Waals surface area contributed by atoms with Gasteiger partial charge in [0.1, 0.15) is 24.1 Å². The predicted octanol–water partition coefficient (Wildman–Crippen LogP) is -1.92. The lowest BCUT2D eigenvalue weighted by atomic mass is 9.86. The topological polar surface area (TPSA) is 165 Å². The number of aliphatic carboxylic acids is 1. The summed E-state index contributed by atoms with van der Waals surface area (Å²) in [4.78, 5) is 29.7. The summed E-state index contributed by atoms with van der Waals surface area (Å²) in [5, 5.41) is 40.7. The molecule has 1 aromatic heterocycles. The molecule has 1 aliphatic rings. The van der Waals surface area contributed by atoms with Crippen LogP contribution in [0.25, 0.3) is 0 Å². The van der Waals surface area contributed by atoms with Crippen molar-refractivity contribution in [1.29, 1.82) is 0 Å². The quantitative estimate of drug-likeness (QED) is 0.348. The van der Waals surface area contributed by atoms with E-state index in [1.54, 1.807) is 0 Å². The third-order valence-corrected chi connectivity index (χ3v) is 3.67. The smallest absolute Gasteiger partial charge is 0.370 e. The van der Waals surface area contributed by atoms with Crippen molar-refractivity contribution in [2.75, 3.05) is 6.61 Å². The number of aromatic amines is 1. The molecule has 10 heteroatoms. The van der Waals surface area contributed by atoms with E-state index >= 15 is 0 Å². The van der Waals surface area contributed by atoms with Gasteiger partial charge in [0.05, 0.1) is 18.6 Å².